The molecule has 1 nitrogen and oxygen atoms in total. The SMILES string of the molecule is O.PC1CCCCC1. The van der Waals surface area contributed by atoms with Crippen LogP contribution in [0.4, 0.5) is 0 Å². The smallest absolute Gasteiger partial charge is 0.0264 e. The summed E-state index contributed by atoms with van der Waals surface area (Å²) in [6.07, 6.45) is 7.31. The predicted octanol–water partition coefficient (Wildman–Crippen LogP) is 1.37. The number of hydrogen-bond donors (Lipinski definition) is 0. The molecule has 0 heterocycles. The van der Waals surface area contributed by atoms with Crippen molar-refractivity contribution in [1.29, 1.82) is 0 Å². The van der Waals surface area contributed by atoms with Crippen molar-refractivity contribution in [1.82, 2.24) is 0 Å². The molecule has 8 heavy (non-hydrogen) atoms. The minimum absolute atomic E-state index is 0. The normalized spacial score (nSPS) is 22.1. The molecule has 0 aromatic rings. The van der Waals surface area contributed by atoms with Gasteiger partial charge < -0.3 is 5.48 Å². The molecular weight excluding hydrogens is 119 g/mol. The molecule has 0 spiro atoms. The van der Waals surface area contributed by atoms with E-state index in [1.165, 1.54) is 32.1 Å². The maximum Gasteiger partial charge on any atom is -0.0264 e. The van der Waals surface area contributed by atoms with Gasteiger partial charge in [-0.25, -0.2) is 0 Å². The lowest BCUT2D eigenvalue weighted by molar-refractivity contribution is 0.516. The highest BCUT2D eigenvalue weighted by Crippen LogP contribution is 2.23. The van der Waals surface area contributed by atoms with Gasteiger partial charge in [0.25, 0.3) is 0 Å². The zero-order valence-corrected chi connectivity index (χ0v) is 6.34. The average molecular weight is 134 g/mol. The molecule has 1 fully saturated rings. The minimum Gasteiger partial charge on any atom is -0.412 e. The summed E-state index contributed by atoms with van der Waals surface area (Å²) in [5, 5.41) is 0. The van der Waals surface area contributed by atoms with Crippen LogP contribution in [0.15, 0.2) is 0 Å². The van der Waals surface area contributed by atoms with Crippen LogP contribution < -0.4 is 0 Å². The first-order valence-corrected chi connectivity index (χ1v) is 3.82. The molecule has 0 aliphatic heterocycles. The lowest BCUT2D eigenvalue weighted by Gasteiger charge is -2.15. The molecule has 0 bridgehead atoms. The monoisotopic (exact) mass is 134 g/mol. The Balaban J connectivity index is 0.000000490. The lowest BCUT2D eigenvalue weighted by Crippen LogP contribution is -2.02. The van der Waals surface area contributed by atoms with E-state index in [-0.39, 0.29) is 5.48 Å². The first-order valence-electron chi connectivity index (χ1n) is 3.15. The van der Waals surface area contributed by atoms with E-state index in [1.54, 1.807) is 0 Å². The molecule has 50 valence electrons. The Labute approximate surface area is 53.4 Å². The van der Waals surface area contributed by atoms with Gasteiger partial charge in [0.2, 0.25) is 0 Å². The molecule has 1 atom stereocenters. The maximum atomic E-state index is 2.91. The summed E-state index contributed by atoms with van der Waals surface area (Å²) in [5.74, 6) is 0. The third kappa shape index (κ3) is 2.64. The van der Waals surface area contributed by atoms with Gasteiger partial charge in [0.1, 0.15) is 0 Å². The highest BCUT2D eigenvalue weighted by Gasteiger charge is 2.06. The highest BCUT2D eigenvalue weighted by atomic mass is 31.0. The number of hydrogen-bond acceptors (Lipinski definition) is 0. The van der Waals surface area contributed by atoms with E-state index < -0.39 is 0 Å². The molecule has 1 rings (SSSR count). The molecular formula is C6H15OP. The van der Waals surface area contributed by atoms with Crippen molar-refractivity contribution in [3.63, 3.8) is 0 Å². The second kappa shape index (κ2) is 4.29. The van der Waals surface area contributed by atoms with Crippen LogP contribution in [0.5, 0.6) is 0 Å². The fourth-order valence-corrected chi connectivity index (χ4v) is 1.61. The van der Waals surface area contributed by atoms with Crippen LogP contribution in [0, 0.1) is 0 Å². The van der Waals surface area contributed by atoms with Gasteiger partial charge in [-0.2, -0.15) is 0 Å². The Morgan fingerprint density at radius 2 is 1.50 bits per heavy atom. The summed E-state index contributed by atoms with van der Waals surface area (Å²) in [5.41, 5.74) is 0.953. The lowest BCUT2D eigenvalue weighted by atomic mass is 10.0. The average Bonchev–Trinajstić information content (AvgIpc) is 1.69. The molecule has 1 unspecified atom stereocenters. The van der Waals surface area contributed by atoms with Gasteiger partial charge in [-0.1, -0.05) is 19.3 Å². The van der Waals surface area contributed by atoms with E-state index in [4.69, 9.17) is 0 Å². The Kier molecular flexibility index (Phi) is 4.50. The maximum absolute atomic E-state index is 2.91. The largest absolute Gasteiger partial charge is 0.412 e. The van der Waals surface area contributed by atoms with Crippen molar-refractivity contribution >= 4 is 9.24 Å². The van der Waals surface area contributed by atoms with Gasteiger partial charge >= 0.3 is 0 Å². The third-order valence-electron chi connectivity index (χ3n) is 1.65. The Bertz CT molecular complexity index is 50.5. The molecule has 0 aromatic heterocycles. The fourth-order valence-electron chi connectivity index (χ4n) is 1.13. The summed E-state index contributed by atoms with van der Waals surface area (Å²) in [6.45, 7) is 0. The molecule has 1 aliphatic carbocycles. The van der Waals surface area contributed by atoms with Crippen LogP contribution >= 0.6 is 9.24 Å². The van der Waals surface area contributed by atoms with Crippen LogP contribution in [-0.4, -0.2) is 11.1 Å². The molecule has 0 aromatic carbocycles. The first-order chi connectivity index (χ1) is 3.39. The van der Waals surface area contributed by atoms with Gasteiger partial charge in [0.15, 0.2) is 0 Å². The summed E-state index contributed by atoms with van der Waals surface area (Å²) < 4.78 is 0. The third-order valence-corrected chi connectivity index (χ3v) is 2.32. The quantitative estimate of drug-likeness (QED) is 0.448. The zero-order valence-electron chi connectivity index (χ0n) is 5.19. The summed E-state index contributed by atoms with van der Waals surface area (Å²) >= 11 is 0. The van der Waals surface area contributed by atoms with Crippen LogP contribution in [0.1, 0.15) is 32.1 Å². The first kappa shape index (κ1) is 8.39. The van der Waals surface area contributed by atoms with Crippen LogP contribution in [-0.2, 0) is 0 Å². The van der Waals surface area contributed by atoms with E-state index in [0.717, 1.165) is 5.66 Å². The predicted molar refractivity (Wildman–Crippen MR) is 40.2 cm³/mol. The highest BCUT2D eigenvalue weighted by molar-refractivity contribution is 7.17. The van der Waals surface area contributed by atoms with Crippen LogP contribution in [0.25, 0.3) is 0 Å². The molecule has 1 aliphatic rings. The van der Waals surface area contributed by atoms with Crippen LogP contribution in [0.3, 0.4) is 0 Å². The van der Waals surface area contributed by atoms with E-state index in [0.29, 0.717) is 0 Å². The van der Waals surface area contributed by atoms with Gasteiger partial charge in [-0.3, -0.25) is 0 Å². The number of rotatable bonds is 0. The Hall–Kier alpha value is 0.390. The van der Waals surface area contributed by atoms with E-state index in [2.05, 4.69) is 9.24 Å². The van der Waals surface area contributed by atoms with E-state index in [9.17, 15) is 0 Å². The molecule has 0 amide bonds. The molecule has 2 heteroatoms. The van der Waals surface area contributed by atoms with Gasteiger partial charge in [-0.15, -0.1) is 9.24 Å². The minimum atomic E-state index is 0. The van der Waals surface area contributed by atoms with Gasteiger partial charge in [0.05, 0.1) is 0 Å². The van der Waals surface area contributed by atoms with E-state index >= 15 is 0 Å². The van der Waals surface area contributed by atoms with Crippen molar-refractivity contribution in [2.75, 3.05) is 0 Å². The summed E-state index contributed by atoms with van der Waals surface area (Å²) in [7, 11) is 2.91. The van der Waals surface area contributed by atoms with Crippen molar-refractivity contribution in [2.45, 2.75) is 37.8 Å². The molecule has 1 saturated carbocycles. The standard InChI is InChI=1S/C6H13P.H2O/c7-6-4-2-1-3-5-6;/h6H,1-5,7H2;1H2. The summed E-state index contributed by atoms with van der Waals surface area (Å²) in [4.78, 5) is 0. The Morgan fingerprint density at radius 3 is 1.75 bits per heavy atom. The summed E-state index contributed by atoms with van der Waals surface area (Å²) in [6, 6.07) is 0. The van der Waals surface area contributed by atoms with Crippen molar-refractivity contribution < 1.29 is 5.48 Å². The van der Waals surface area contributed by atoms with Crippen molar-refractivity contribution in [2.24, 2.45) is 0 Å². The fraction of sp³-hybridized carbons (Fsp3) is 1.00. The van der Waals surface area contributed by atoms with Crippen molar-refractivity contribution in [3.05, 3.63) is 0 Å². The molecule has 0 saturated heterocycles. The van der Waals surface area contributed by atoms with E-state index in [1.807, 2.05) is 0 Å². The second-order valence-electron chi connectivity index (χ2n) is 2.40. The molecule has 0 radical (unpaired) electrons. The Morgan fingerprint density at radius 1 is 1.00 bits per heavy atom. The zero-order chi connectivity index (χ0) is 5.11. The van der Waals surface area contributed by atoms with Gasteiger partial charge in [0, 0.05) is 0 Å². The topological polar surface area (TPSA) is 31.5 Å². The van der Waals surface area contributed by atoms with Crippen molar-refractivity contribution in [3.8, 4) is 0 Å². The van der Waals surface area contributed by atoms with Crippen LogP contribution in [0.2, 0.25) is 0 Å². The second-order valence-corrected chi connectivity index (χ2v) is 3.34. The van der Waals surface area contributed by atoms with Gasteiger partial charge in [-0.05, 0) is 18.5 Å². The molecule has 2 N–H and O–H groups in total.